The van der Waals surface area contributed by atoms with E-state index in [9.17, 15) is 19.8 Å². The molecule has 0 unspecified atom stereocenters. The van der Waals surface area contributed by atoms with Gasteiger partial charge >= 0.3 is 11.9 Å². The molecule has 1 aliphatic rings. The Bertz CT molecular complexity index is 1330. The number of fused-ring (bicyclic) bond motifs is 2. The van der Waals surface area contributed by atoms with E-state index in [4.69, 9.17) is 4.74 Å². The lowest BCUT2D eigenvalue weighted by atomic mass is 10.1. The summed E-state index contributed by atoms with van der Waals surface area (Å²) >= 11 is 0. The summed E-state index contributed by atoms with van der Waals surface area (Å²) in [5.74, 6) is -1.58. The number of methoxy groups -OCH3 is 1. The molecule has 8 heteroatoms. The largest absolute Gasteiger partial charge is 0.494 e. The van der Waals surface area contributed by atoms with Gasteiger partial charge in [0.1, 0.15) is 22.5 Å². The Hall–Kier alpha value is -3.81. The minimum atomic E-state index is -1.15. The van der Waals surface area contributed by atoms with Crippen molar-refractivity contribution in [3.63, 3.8) is 0 Å². The Morgan fingerprint density at radius 3 is 2.60 bits per heavy atom. The van der Waals surface area contributed by atoms with Crippen molar-refractivity contribution >= 4 is 28.4 Å². The van der Waals surface area contributed by atoms with E-state index >= 15 is 0 Å². The highest BCUT2D eigenvalue weighted by molar-refractivity contribution is 6.05. The molecular formula is C22H19N3O5. The first kappa shape index (κ1) is 18.2. The van der Waals surface area contributed by atoms with Gasteiger partial charge in [0.05, 0.1) is 18.4 Å². The van der Waals surface area contributed by atoms with Crippen LogP contribution < -0.4 is 4.74 Å². The molecule has 1 aromatic carbocycles. The summed E-state index contributed by atoms with van der Waals surface area (Å²) in [6.07, 6.45) is 3.61. The van der Waals surface area contributed by atoms with E-state index < -0.39 is 11.9 Å². The Kier molecular flexibility index (Phi) is 4.02. The third-order valence-electron chi connectivity index (χ3n) is 5.56. The van der Waals surface area contributed by atoms with Gasteiger partial charge in [-0.05, 0) is 37.0 Å². The molecule has 0 bridgehead atoms. The lowest BCUT2D eigenvalue weighted by Gasteiger charge is -2.09. The van der Waals surface area contributed by atoms with Gasteiger partial charge in [0, 0.05) is 23.6 Å². The molecule has 0 radical (unpaired) electrons. The van der Waals surface area contributed by atoms with Gasteiger partial charge < -0.3 is 19.5 Å². The summed E-state index contributed by atoms with van der Waals surface area (Å²) in [6, 6.07) is 11.2. The van der Waals surface area contributed by atoms with E-state index in [1.54, 1.807) is 0 Å². The van der Waals surface area contributed by atoms with Crippen LogP contribution in [0.25, 0.3) is 27.8 Å². The van der Waals surface area contributed by atoms with Crippen molar-refractivity contribution in [1.29, 1.82) is 0 Å². The van der Waals surface area contributed by atoms with Crippen LogP contribution in [-0.2, 0) is 6.54 Å². The van der Waals surface area contributed by atoms with E-state index in [1.807, 2.05) is 30.3 Å². The molecule has 8 nitrogen and oxygen atoms in total. The standard InChI is InChI=1S/C22H19N3O5/c1-30-17-9-14(21(26)27)11-25-20(17)18(22(28)29)19(23-25)16-8-13-4-2-3-5-15(13)24(16)10-12-6-7-12/h2-5,8-9,11-12H,6-7,10H2,1H3,(H,26,27)(H,28,29). The van der Waals surface area contributed by atoms with Crippen molar-refractivity contribution in [2.45, 2.75) is 19.4 Å². The van der Waals surface area contributed by atoms with Crippen LogP contribution in [0.1, 0.15) is 33.6 Å². The van der Waals surface area contributed by atoms with Crippen LogP contribution in [-0.4, -0.2) is 43.4 Å². The first-order valence-corrected chi connectivity index (χ1v) is 9.63. The van der Waals surface area contributed by atoms with Crippen LogP contribution in [0.5, 0.6) is 5.75 Å². The number of hydrogen-bond acceptors (Lipinski definition) is 4. The number of rotatable bonds is 6. The van der Waals surface area contributed by atoms with Gasteiger partial charge in [0.2, 0.25) is 0 Å². The zero-order valence-corrected chi connectivity index (χ0v) is 16.2. The zero-order chi connectivity index (χ0) is 21.0. The maximum atomic E-state index is 12.3. The summed E-state index contributed by atoms with van der Waals surface area (Å²) in [6.45, 7) is 0.785. The summed E-state index contributed by atoms with van der Waals surface area (Å²) in [5, 5.41) is 24.9. The zero-order valence-electron chi connectivity index (χ0n) is 16.2. The lowest BCUT2D eigenvalue weighted by molar-refractivity contribution is 0.0688. The highest BCUT2D eigenvalue weighted by atomic mass is 16.5. The number of benzene rings is 1. The number of para-hydroxylation sites is 1. The second kappa shape index (κ2) is 6.62. The highest BCUT2D eigenvalue weighted by Crippen LogP contribution is 2.38. The number of hydrogen-bond donors (Lipinski definition) is 2. The number of nitrogens with zero attached hydrogens (tertiary/aromatic N) is 3. The summed E-state index contributed by atoms with van der Waals surface area (Å²) in [5.41, 5.74) is 2.19. The highest BCUT2D eigenvalue weighted by Gasteiger charge is 2.29. The van der Waals surface area contributed by atoms with Gasteiger partial charge in [-0.3, -0.25) is 0 Å². The number of pyridine rings is 1. The summed E-state index contributed by atoms with van der Waals surface area (Å²) < 4.78 is 8.74. The molecule has 1 fully saturated rings. The molecule has 30 heavy (non-hydrogen) atoms. The Morgan fingerprint density at radius 2 is 1.93 bits per heavy atom. The number of ether oxygens (including phenoxy) is 1. The third kappa shape index (κ3) is 2.80. The van der Waals surface area contributed by atoms with Crippen LogP contribution in [0.4, 0.5) is 0 Å². The van der Waals surface area contributed by atoms with E-state index in [1.165, 1.54) is 23.9 Å². The molecule has 3 heterocycles. The first-order chi connectivity index (χ1) is 14.5. The topological polar surface area (TPSA) is 106 Å². The van der Waals surface area contributed by atoms with Gasteiger partial charge in [-0.25, -0.2) is 14.1 Å². The van der Waals surface area contributed by atoms with Crippen molar-refractivity contribution in [1.82, 2.24) is 14.2 Å². The Balaban J connectivity index is 1.84. The summed E-state index contributed by atoms with van der Waals surface area (Å²) in [7, 11) is 1.38. The molecule has 0 amide bonds. The molecule has 1 aliphatic carbocycles. The molecule has 0 atom stereocenters. The molecule has 0 aliphatic heterocycles. The lowest BCUT2D eigenvalue weighted by Crippen LogP contribution is -2.05. The van der Waals surface area contributed by atoms with Crippen molar-refractivity contribution in [2.75, 3.05) is 7.11 Å². The minimum absolute atomic E-state index is 0.0105. The molecule has 0 saturated heterocycles. The van der Waals surface area contributed by atoms with E-state index in [2.05, 4.69) is 9.67 Å². The first-order valence-electron chi connectivity index (χ1n) is 9.63. The normalized spacial score (nSPS) is 13.8. The molecule has 1 saturated carbocycles. The van der Waals surface area contributed by atoms with Gasteiger partial charge in [-0.15, -0.1) is 0 Å². The quantitative estimate of drug-likeness (QED) is 0.506. The minimum Gasteiger partial charge on any atom is -0.494 e. The van der Waals surface area contributed by atoms with Gasteiger partial charge in [-0.2, -0.15) is 5.10 Å². The van der Waals surface area contributed by atoms with Crippen molar-refractivity contribution in [3.8, 4) is 17.1 Å². The van der Waals surface area contributed by atoms with E-state index in [-0.39, 0.29) is 22.4 Å². The molecule has 0 spiro atoms. The van der Waals surface area contributed by atoms with Crippen molar-refractivity contribution in [2.24, 2.45) is 5.92 Å². The van der Waals surface area contributed by atoms with Crippen LogP contribution in [0, 0.1) is 5.92 Å². The average Bonchev–Trinajstić information content (AvgIpc) is 3.35. The monoisotopic (exact) mass is 405 g/mol. The van der Waals surface area contributed by atoms with Crippen molar-refractivity contribution < 1.29 is 24.5 Å². The second-order valence-corrected chi connectivity index (χ2v) is 7.57. The van der Waals surface area contributed by atoms with Crippen LogP contribution in [0.2, 0.25) is 0 Å². The van der Waals surface area contributed by atoms with Gasteiger partial charge in [-0.1, -0.05) is 18.2 Å². The Morgan fingerprint density at radius 1 is 1.17 bits per heavy atom. The molecule has 5 rings (SSSR count). The van der Waals surface area contributed by atoms with Crippen LogP contribution in [0.3, 0.4) is 0 Å². The summed E-state index contributed by atoms with van der Waals surface area (Å²) in [4.78, 5) is 23.8. The number of carboxylic acid groups (broad SMARTS) is 2. The fourth-order valence-corrected chi connectivity index (χ4v) is 3.96. The van der Waals surface area contributed by atoms with Crippen LogP contribution in [0.15, 0.2) is 42.6 Å². The number of carbonyl (C=O) groups is 2. The average molecular weight is 405 g/mol. The second-order valence-electron chi connectivity index (χ2n) is 7.57. The Labute approximate surface area is 170 Å². The van der Waals surface area contributed by atoms with Crippen LogP contribution >= 0.6 is 0 Å². The van der Waals surface area contributed by atoms with E-state index in [0.717, 1.165) is 30.3 Å². The van der Waals surface area contributed by atoms with Gasteiger partial charge in [0.25, 0.3) is 0 Å². The molecule has 4 aromatic rings. The fourth-order valence-electron chi connectivity index (χ4n) is 3.96. The smallest absolute Gasteiger partial charge is 0.340 e. The van der Waals surface area contributed by atoms with E-state index in [0.29, 0.717) is 17.3 Å². The predicted molar refractivity (Wildman–Crippen MR) is 109 cm³/mol. The van der Waals surface area contributed by atoms with Crippen molar-refractivity contribution in [3.05, 3.63) is 53.7 Å². The van der Waals surface area contributed by atoms with Gasteiger partial charge in [0.15, 0.2) is 0 Å². The molecular weight excluding hydrogens is 386 g/mol. The SMILES string of the molecule is COc1cc(C(=O)O)cn2nc(-c3cc4ccccc4n3CC3CC3)c(C(=O)O)c12. The maximum Gasteiger partial charge on any atom is 0.340 e. The maximum absolute atomic E-state index is 12.3. The number of carboxylic acids is 2. The molecule has 152 valence electrons. The fraction of sp³-hybridized carbons (Fsp3) is 0.227. The molecule has 3 aromatic heterocycles. The molecule has 2 N–H and O–H groups in total. The predicted octanol–water partition coefficient (Wildman–Crippen LogP) is 3.77. The third-order valence-corrected chi connectivity index (χ3v) is 5.56. The number of aromatic carboxylic acids is 2. The number of aromatic nitrogens is 3.